The van der Waals surface area contributed by atoms with Crippen molar-refractivity contribution in [1.82, 2.24) is 0 Å². The van der Waals surface area contributed by atoms with Crippen LogP contribution in [0.25, 0.3) is 0 Å². The molecule has 0 N–H and O–H groups in total. The van der Waals surface area contributed by atoms with Gasteiger partial charge in [0.1, 0.15) is 5.75 Å². The zero-order valence-corrected chi connectivity index (χ0v) is 15.7. The second kappa shape index (κ2) is 8.24. The van der Waals surface area contributed by atoms with Crippen LogP contribution in [0.15, 0.2) is 89.8 Å². The predicted octanol–water partition coefficient (Wildman–Crippen LogP) is 4.14. The summed E-state index contributed by atoms with van der Waals surface area (Å²) in [6, 6.07) is 22.5. The molecule has 0 saturated carbocycles. The van der Waals surface area contributed by atoms with E-state index in [9.17, 15) is 13.2 Å². The van der Waals surface area contributed by atoms with E-state index in [0.29, 0.717) is 10.8 Å². The van der Waals surface area contributed by atoms with Crippen molar-refractivity contribution < 1.29 is 17.9 Å². The van der Waals surface area contributed by atoms with Crippen LogP contribution in [0.4, 0.5) is 5.69 Å². The Balaban J connectivity index is 1.92. The summed E-state index contributed by atoms with van der Waals surface area (Å²) in [5.41, 5.74) is 0.237. The number of para-hydroxylation sites is 1. The zero-order valence-electron chi connectivity index (χ0n) is 14.2. The Morgan fingerprint density at radius 1 is 0.889 bits per heavy atom. The highest BCUT2D eigenvalue weighted by Crippen LogP contribution is 2.24. The highest BCUT2D eigenvalue weighted by Gasteiger charge is 2.31. The van der Waals surface area contributed by atoms with Gasteiger partial charge in [-0.25, -0.2) is 8.42 Å². The SMILES string of the molecule is O=C(COc1cccc(Cl)c1)N(c1ccccc1)S(=O)(=O)c1ccccc1. The second-order valence-electron chi connectivity index (χ2n) is 5.56. The van der Waals surface area contributed by atoms with E-state index in [1.165, 1.54) is 12.1 Å². The number of rotatable bonds is 6. The Bertz CT molecular complexity index is 1020. The first-order valence-electron chi connectivity index (χ1n) is 8.05. The number of carbonyl (C=O) groups is 1. The van der Waals surface area contributed by atoms with Crippen LogP contribution in [0.5, 0.6) is 5.75 Å². The van der Waals surface area contributed by atoms with Gasteiger partial charge in [-0.15, -0.1) is 0 Å². The van der Waals surface area contributed by atoms with Crippen molar-refractivity contribution in [2.24, 2.45) is 0 Å². The number of halogens is 1. The largest absolute Gasteiger partial charge is 0.484 e. The van der Waals surface area contributed by atoms with Gasteiger partial charge in [0.15, 0.2) is 6.61 Å². The fraction of sp³-hybridized carbons (Fsp3) is 0.0500. The molecular formula is C20H16ClNO4S. The van der Waals surface area contributed by atoms with Gasteiger partial charge >= 0.3 is 0 Å². The highest BCUT2D eigenvalue weighted by molar-refractivity contribution is 7.93. The minimum Gasteiger partial charge on any atom is -0.484 e. The van der Waals surface area contributed by atoms with Crippen molar-refractivity contribution in [2.75, 3.05) is 10.9 Å². The van der Waals surface area contributed by atoms with Gasteiger partial charge in [0.05, 0.1) is 10.6 Å². The van der Waals surface area contributed by atoms with E-state index in [4.69, 9.17) is 16.3 Å². The molecule has 0 unspecified atom stereocenters. The van der Waals surface area contributed by atoms with Crippen LogP contribution in [0.2, 0.25) is 5.02 Å². The maximum Gasteiger partial charge on any atom is 0.278 e. The minimum absolute atomic E-state index is 0.0185. The first-order valence-corrected chi connectivity index (χ1v) is 9.87. The summed E-state index contributed by atoms with van der Waals surface area (Å²) in [5.74, 6) is -0.342. The molecule has 0 saturated heterocycles. The number of sulfonamides is 1. The lowest BCUT2D eigenvalue weighted by Gasteiger charge is -2.22. The van der Waals surface area contributed by atoms with Crippen LogP contribution in [-0.2, 0) is 14.8 Å². The topological polar surface area (TPSA) is 63.7 Å². The summed E-state index contributed by atoms with van der Waals surface area (Å²) in [4.78, 5) is 12.8. The molecule has 0 spiro atoms. The molecule has 3 aromatic rings. The van der Waals surface area contributed by atoms with Crippen molar-refractivity contribution in [1.29, 1.82) is 0 Å². The van der Waals surface area contributed by atoms with Crippen molar-refractivity contribution in [2.45, 2.75) is 4.90 Å². The summed E-state index contributed by atoms with van der Waals surface area (Å²) in [7, 11) is -4.09. The van der Waals surface area contributed by atoms with Gasteiger partial charge in [-0.1, -0.05) is 54.1 Å². The van der Waals surface area contributed by atoms with E-state index in [-0.39, 0.29) is 10.6 Å². The monoisotopic (exact) mass is 401 g/mol. The molecule has 0 bridgehead atoms. The average Bonchev–Trinajstić information content (AvgIpc) is 2.68. The van der Waals surface area contributed by atoms with Gasteiger partial charge in [0.25, 0.3) is 15.9 Å². The third-order valence-corrected chi connectivity index (χ3v) is 5.66. The fourth-order valence-corrected chi connectivity index (χ4v) is 4.05. The molecule has 0 radical (unpaired) electrons. The van der Waals surface area contributed by atoms with Crippen molar-refractivity contribution in [3.63, 3.8) is 0 Å². The molecule has 0 aliphatic rings. The Morgan fingerprint density at radius 2 is 1.52 bits per heavy atom. The van der Waals surface area contributed by atoms with E-state index in [2.05, 4.69) is 0 Å². The van der Waals surface area contributed by atoms with Gasteiger partial charge in [-0.3, -0.25) is 4.79 Å². The predicted molar refractivity (Wildman–Crippen MR) is 105 cm³/mol. The normalized spacial score (nSPS) is 11.0. The van der Waals surface area contributed by atoms with E-state index in [1.54, 1.807) is 72.8 Å². The van der Waals surface area contributed by atoms with Gasteiger partial charge in [-0.05, 0) is 42.5 Å². The first-order chi connectivity index (χ1) is 13.0. The lowest BCUT2D eigenvalue weighted by molar-refractivity contribution is -0.119. The molecule has 0 fully saturated rings. The Kier molecular flexibility index (Phi) is 5.78. The van der Waals surface area contributed by atoms with Gasteiger partial charge in [-0.2, -0.15) is 4.31 Å². The standard InChI is InChI=1S/C20H16ClNO4S/c21-16-8-7-11-18(14-16)26-15-20(23)22(17-9-3-1-4-10-17)27(24,25)19-12-5-2-6-13-19/h1-14H,15H2. The quantitative estimate of drug-likeness (QED) is 0.622. The number of hydrogen-bond acceptors (Lipinski definition) is 4. The van der Waals surface area contributed by atoms with Gasteiger partial charge < -0.3 is 4.74 Å². The van der Waals surface area contributed by atoms with Crippen molar-refractivity contribution in [3.8, 4) is 5.75 Å². The van der Waals surface area contributed by atoms with Crippen LogP contribution in [-0.4, -0.2) is 20.9 Å². The average molecular weight is 402 g/mol. The summed E-state index contributed by atoms with van der Waals surface area (Å²) in [6.07, 6.45) is 0. The summed E-state index contributed by atoms with van der Waals surface area (Å²) in [6.45, 7) is -0.457. The summed E-state index contributed by atoms with van der Waals surface area (Å²) in [5, 5.41) is 0.455. The molecule has 0 aromatic heterocycles. The molecule has 5 nitrogen and oxygen atoms in total. The highest BCUT2D eigenvalue weighted by atomic mass is 35.5. The lowest BCUT2D eigenvalue weighted by atomic mass is 10.3. The van der Waals surface area contributed by atoms with Gasteiger partial charge in [0, 0.05) is 5.02 Å². The van der Waals surface area contributed by atoms with Crippen LogP contribution in [0, 0.1) is 0 Å². The molecule has 3 rings (SSSR count). The summed E-state index contributed by atoms with van der Waals surface area (Å²) < 4.78 is 32.3. The third-order valence-electron chi connectivity index (χ3n) is 3.66. The van der Waals surface area contributed by atoms with Crippen molar-refractivity contribution in [3.05, 3.63) is 90.0 Å². The van der Waals surface area contributed by atoms with E-state index >= 15 is 0 Å². The number of benzene rings is 3. The number of ether oxygens (including phenoxy) is 1. The molecule has 0 atom stereocenters. The second-order valence-corrected chi connectivity index (χ2v) is 7.78. The number of carbonyl (C=O) groups excluding carboxylic acids is 1. The molecule has 0 aliphatic heterocycles. The maximum atomic E-state index is 13.1. The minimum atomic E-state index is -4.09. The smallest absolute Gasteiger partial charge is 0.278 e. The zero-order chi connectivity index (χ0) is 19.3. The van der Waals surface area contributed by atoms with Gasteiger partial charge in [0.2, 0.25) is 0 Å². The van der Waals surface area contributed by atoms with E-state index < -0.39 is 22.5 Å². The first kappa shape index (κ1) is 18.9. The third kappa shape index (κ3) is 4.48. The van der Waals surface area contributed by atoms with Crippen LogP contribution in [0.1, 0.15) is 0 Å². The van der Waals surface area contributed by atoms with Crippen LogP contribution >= 0.6 is 11.6 Å². The maximum absolute atomic E-state index is 13.1. The number of hydrogen-bond donors (Lipinski definition) is 0. The van der Waals surface area contributed by atoms with E-state index in [1.807, 2.05) is 0 Å². The number of nitrogens with zero attached hydrogens (tertiary/aromatic N) is 1. The molecule has 7 heteroatoms. The Morgan fingerprint density at radius 3 is 2.15 bits per heavy atom. The molecule has 138 valence electrons. The molecule has 27 heavy (non-hydrogen) atoms. The fourth-order valence-electron chi connectivity index (χ4n) is 2.44. The lowest BCUT2D eigenvalue weighted by Crippen LogP contribution is -2.40. The van der Waals surface area contributed by atoms with Crippen LogP contribution in [0.3, 0.4) is 0 Å². The summed E-state index contributed by atoms with van der Waals surface area (Å²) >= 11 is 5.90. The Labute approximate surface area is 162 Å². The van der Waals surface area contributed by atoms with Crippen molar-refractivity contribution >= 4 is 33.2 Å². The Hall–Kier alpha value is -2.83. The molecule has 0 aliphatic carbocycles. The van der Waals surface area contributed by atoms with E-state index in [0.717, 1.165) is 4.31 Å². The molecule has 3 aromatic carbocycles. The number of anilines is 1. The molecule has 1 amide bonds. The van der Waals surface area contributed by atoms with Crippen LogP contribution < -0.4 is 9.04 Å². The molecular weight excluding hydrogens is 386 g/mol. The number of amides is 1. The molecule has 0 heterocycles.